The van der Waals surface area contributed by atoms with Crippen LogP contribution in [0.25, 0.3) is 0 Å². The standard InChI is InChI=1S/C31H58N12O10/c32-7-1-4-15(33)10-20(46)37-8-2-5-16(34)11-21(47)38-9-3-6-17(35)12-22(48)40-25-26(49)27(53-30(36)51)19(14-44)52-29(25)43-31-41-23-18(45)13-39-28(50)24(23)42-31/h15-19,23-27,29,44-45,49H,1-14,32-35H2,(H2,36,51)(H,37,46)(H,38,47)(H,39,50)(H,40,48)(H2,41,42,43)/t15?,16?,17?,18-,19?,23-,24+,25?,26?,27?,29?/m1/s1. The topological polar surface area (TPSA) is 379 Å². The predicted molar refractivity (Wildman–Crippen MR) is 189 cm³/mol. The summed E-state index contributed by atoms with van der Waals surface area (Å²) in [5.74, 6) is -1.36. The zero-order valence-electron chi connectivity index (χ0n) is 29.8. The fraction of sp³-hybridized carbons (Fsp3) is 0.806. The third-order valence-electron chi connectivity index (χ3n) is 9.11. The minimum Gasteiger partial charge on any atom is -0.441 e. The summed E-state index contributed by atoms with van der Waals surface area (Å²) in [6, 6.07) is -4.24. The zero-order chi connectivity index (χ0) is 39.1. The molecule has 0 aromatic rings. The molecule has 5 amide bonds. The summed E-state index contributed by atoms with van der Waals surface area (Å²) >= 11 is 0. The molecule has 11 atom stereocenters. The second kappa shape index (κ2) is 21.7. The molecule has 3 aliphatic rings. The number of aliphatic hydroxyl groups is 3. The van der Waals surface area contributed by atoms with E-state index in [2.05, 4.69) is 36.9 Å². The normalized spacial score (nSPS) is 28.2. The summed E-state index contributed by atoms with van der Waals surface area (Å²) in [6.07, 6.45) is -4.27. The molecule has 19 N–H and O–H groups in total. The lowest BCUT2D eigenvalue weighted by atomic mass is 9.95. The molecule has 302 valence electrons. The van der Waals surface area contributed by atoms with E-state index in [-0.39, 0.29) is 49.6 Å². The first-order chi connectivity index (χ1) is 25.2. The van der Waals surface area contributed by atoms with Gasteiger partial charge < -0.3 is 85.4 Å². The van der Waals surface area contributed by atoms with E-state index in [1.807, 2.05) is 0 Å². The average Bonchev–Trinajstić information content (AvgIpc) is 3.53. The van der Waals surface area contributed by atoms with Crippen molar-refractivity contribution in [2.45, 2.75) is 125 Å². The Bertz CT molecular complexity index is 1260. The summed E-state index contributed by atoms with van der Waals surface area (Å²) in [5.41, 5.74) is 28.8. The van der Waals surface area contributed by atoms with Gasteiger partial charge in [0.05, 0.1) is 18.8 Å². The molecule has 0 aliphatic carbocycles. The molecule has 8 unspecified atom stereocenters. The van der Waals surface area contributed by atoms with Crippen LogP contribution in [0.15, 0.2) is 4.99 Å². The summed E-state index contributed by atoms with van der Waals surface area (Å²) in [4.78, 5) is 65.5. The Kier molecular flexibility index (Phi) is 17.8. The Balaban J connectivity index is 1.42. The van der Waals surface area contributed by atoms with Gasteiger partial charge in [0, 0.05) is 57.0 Å². The van der Waals surface area contributed by atoms with Crippen molar-refractivity contribution in [2.24, 2.45) is 33.7 Å². The van der Waals surface area contributed by atoms with E-state index in [0.29, 0.717) is 51.7 Å². The van der Waals surface area contributed by atoms with Gasteiger partial charge >= 0.3 is 6.09 Å². The molecule has 22 heteroatoms. The van der Waals surface area contributed by atoms with Crippen LogP contribution in [0.3, 0.4) is 0 Å². The summed E-state index contributed by atoms with van der Waals surface area (Å²) < 4.78 is 10.8. The van der Waals surface area contributed by atoms with Crippen LogP contribution < -0.4 is 60.6 Å². The molecule has 3 rings (SSSR count). The molecule has 0 aromatic heterocycles. The number of amides is 5. The van der Waals surface area contributed by atoms with E-state index in [4.69, 9.17) is 38.1 Å². The number of aliphatic imine (C=N–C) groups is 1. The number of aliphatic hydroxyl groups excluding tert-OH is 3. The van der Waals surface area contributed by atoms with E-state index in [9.17, 15) is 39.3 Å². The lowest BCUT2D eigenvalue weighted by Crippen LogP contribution is -2.70. The molecule has 22 nitrogen and oxygen atoms in total. The highest BCUT2D eigenvalue weighted by Crippen LogP contribution is 2.24. The molecule has 53 heavy (non-hydrogen) atoms. The van der Waals surface area contributed by atoms with Gasteiger partial charge in [0.15, 0.2) is 24.3 Å². The molecule has 0 radical (unpaired) electrons. The first-order valence-corrected chi connectivity index (χ1v) is 18.0. The van der Waals surface area contributed by atoms with E-state index in [1.54, 1.807) is 0 Å². The van der Waals surface area contributed by atoms with Crippen molar-refractivity contribution >= 4 is 35.7 Å². The number of primary amides is 1. The number of hydrogen-bond acceptors (Lipinski definition) is 17. The SMILES string of the molecule is NCCCC(N)CC(=O)NCCCC(N)CC(=O)NCCCC(N)CC(=O)NC1C(NC2=N[C@@H]3C(=O)NC[C@@H](O)[C@H]3N2)OC(CO)C(OC(N)=O)C1O. The van der Waals surface area contributed by atoms with Crippen LogP contribution in [-0.2, 0) is 28.7 Å². The first-order valence-electron chi connectivity index (χ1n) is 18.0. The molecule has 0 bridgehead atoms. The highest BCUT2D eigenvalue weighted by molar-refractivity contribution is 5.92. The number of guanidine groups is 1. The van der Waals surface area contributed by atoms with Crippen LogP contribution in [0.4, 0.5) is 4.79 Å². The van der Waals surface area contributed by atoms with Gasteiger partial charge in [-0.3, -0.25) is 19.2 Å². The number of carbonyl (C=O) groups excluding carboxylic acids is 5. The molecule has 0 aromatic carbocycles. The summed E-state index contributed by atoms with van der Waals surface area (Å²) in [7, 11) is 0. The lowest BCUT2D eigenvalue weighted by Gasteiger charge is -2.44. The first kappa shape index (κ1) is 43.5. The Morgan fingerprint density at radius 3 is 2.02 bits per heavy atom. The maximum atomic E-state index is 13.1. The molecule has 2 fully saturated rings. The fourth-order valence-electron chi connectivity index (χ4n) is 6.31. The number of fused-ring (bicyclic) bond motifs is 1. The van der Waals surface area contributed by atoms with Crippen molar-refractivity contribution in [1.29, 1.82) is 0 Å². The van der Waals surface area contributed by atoms with Crippen LogP contribution in [-0.4, -0.2) is 151 Å². The average molecular weight is 759 g/mol. The van der Waals surface area contributed by atoms with Crippen molar-refractivity contribution in [3.05, 3.63) is 0 Å². The number of hydrogen-bond donors (Lipinski definition) is 14. The van der Waals surface area contributed by atoms with Crippen LogP contribution in [0.1, 0.15) is 57.8 Å². The monoisotopic (exact) mass is 758 g/mol. The summed E-state index contributed by atoms with van der Waals surface area (Å²) in [5, 5.41) is 47.9. The Morgan fingerprint density at radius 2 is 1.49 bits per heavy atom. The molecule has 0 spiro atoms. The van der Waals surface area contributed by atoms with Crippen LogP contribution in [0.5, 0.6) is 0 Å². The highest BCUT2D eigenvalue weighted by Gasteiger charge is 2.49. The predicted octanol–water partition coefficient (Wildman–Crippen LogP) is -6.53. The van der Waals surface area contributed by atoms with Gasteiger partial charge in [-0.15, -0.1) is 0 Å². The maximum absolute atomic E-state index is 13.1. The maximum Gasteiger partial charge on any atom is 0.404 e. The van der Waals surface area contributed by atoms with Gasteiger partial charge in [0.2, 0.25) is 23.6 Å². The summed E-state index contributed by atoms with van der Waals surface area (Å²) in [6.45, 7) is 0.570. The molecule has 3 heterocycles. The number of nitrogens with zero attached hydrogens (tertiary/aromatic N) is 1. The van der Waals surface area contributed by atoms with Gasteiger partial charge in [-0.05, 0) is 45.1 Å². The smallest absolute Gasteiger partial charge is 0.404 e. The molecule has 2 saturated heterocycles. The Morgan fingerprint density at radius 1 is 0.925 bits per heavy atom. The van der Waals surface area contributed by atoms with Gasteiger partial charge in [0.1, 0.15) is 18.2 Å². The number of nitrogens with one attached hydrogen (secondary N) is 6. The third-order valence-corrected chi connectivity index (χ3v) is 9.11. The van der Waals surface area contributed by atoms with Crippen molar-refractivity contribution in [3.63, 3.8) is 0 Å². The molecule has 3 aliphatic heterocycles. The minimum absolute atomic E-state index is 0.0174. The highest BCUT2D eigenvalue weighted by atomic mass is 16.6. The van der Waals surface area contributed by atoms with E-state index in [1.165, 1.54) is 0 Å². The Labute approximate surface area is 307 Å². The van der Waals surface area contributed by atoms with Gasteiger partial charge in [-0.2, -0.15) is 0 Å². The quantitative estimate of drug-likeness (QED) is 0.0484. The molecular weight excluding hydrogens is 700 g/mol. The van der Waals surface area contributed by atoms with Gasteiger partial charge in [0.25, 0.3) is 0 Å². The third kappa shape index (κ3) is 14.1. The lowest BCUT2D eigenvalue weighted by molar-refractivity contribution is -0.198. The van der Waals surface area contributed by atoms with E-state index < -0.39 is 85.4 Å². The van der Waals surface area contributed by atoms with Crippen molar-refractivity contribution in [2.75, 3.05) is 32.8 Å². The van der Waals surface area contributed by atoms with Crippen LogP contribution in [0, 0.1) is 0 Å². The van der Waals surface area contributed by atoms with Crippen molar-refractivity contribution in [1.82, 2.24) is 31.9 Å². The molecular formula is C31H58N12O10. The Hall–Kier alpha value is -3.90. The second-order valence-corrected chi connectivity index (χ2v) is 13.6. The van der Waals surface area contributed by atoms with E-state index >= 15 is 0 Å². The largest absolute Gasteiger partial charge is 0.441 e. The second-order valence-electron chi connectivity index (χ2n) is 13.6. The molecule has 0 saturated carbocycles. The fourth-order valence-corrected chi connectivity index (χ4v) is 6.31. The minimum atomic E-state index is -1.62. The van der Waals surface area contributed by atoms with Crippen molar-refractivity contribution in [3.8, 4) is 0 Å². The van der Waals surface area contributed by atoms with Crippen LogP contribution in [0.2, 0.25) is 0 Å². The van der Waals surface area contributed by atoms with E-state index in [0.717, 1.165) is 6.42 Å². The van der Waals surface area contributed by atoms with Crippen molar-refractivity contribution < 1.29 is 48.8 Å². The number of rotatable bonds is 21. The number of ether oxygens (including phenoxy) is 2. The van der Waals surface area contributed by atoms with Crippen LogP contribution >= 0.6 is 0 Å². The number of nitrogens with two attached hydrogens (primary N) is 5. The zero-order valence-corrected chi connectivity index (χ0v) is 29.8. The van der Waals surface area contributed by atoms with Gasteiger partial charge in [-0.1, -0.05) is 0 Å². The number of β-amino-alcohol motifs (C(OH)–C–C–N with tert-alkyl or cyclic N) is 1. The van der Waals surface area contributed by atoms with Gasteiger partial charge in [-0.25, -0.2) is 9.79 Å². The number of carbonyl (C=O) groups is 5. The number of piperidine rings is 1.